The number of hydrogen-bond acceptors (Lipinski definition) is 3. The zero-order chi connectivity index (χ0) is 11.4. The molecular formula is C13H26N2O. The summed E-state index contributed by atoms with van der Waals surface area (Å²) in [5.41, 5.74) is 0. The number of nitrogens with zero attached hydrogens (tertiary/aromatic N) is 1. The van der Waals surface area contributed by atoms with Gasteiger partial charge in [0.15, 0.2) is 0 Å². The Labute approximate surface area is 99.5 Å². The van der Waals surface area contributed by atoms with Gasteiger partial charge in [-0.05, 0) is 26.3 Å². The molecule has 3 nitrogen and oxygen atoms in total. The topological polar surface area (TPSA) is 24.5 Å². The minimum absolute atomic E-state index is 0.391. The number of rotatable bonds is 5. The van der Waals surface area contributed by atoms with E-state index in [0.717, 1.165) is 32.2 Å². The second-order valence-corrected chi connectivity index (χ2v) is 5.60. The Kier molecular flexibility index (Phi) is 4.62. The van der Waals surface area contributed by atoms with Crippen LogP contribution in [0.5, 0.6) is 0 Å². The highest BCUT2D eigenvalue weighted by atomic mass is 16.5. The Morgan fingerprint density at radius 1 is 1.44 bits per heavy atom. The molecule has 1 aliphatic heterocycles. The second kappa shape index (κ2) is 5.99. The molecule has 16 heavy (non-hydrogen) atoms. The van der Waals surface area contributed by atoms with Gasteiger partial charge in [0.1, 0.15) is 0 Å². The average molecular weight is 226 g/mol. The van der Waals surface area contributed by atoms with Crippen molar-refractivity contribution >= 4 is 0 Å². The monoisotopic (exact) mass is 226 g/mol. The van der Waals surface area contributed by atoms with Gasteiger partial charge in [-0.2, -0.15) is 0 Å². The summed E-state index contributed by atoms with van der Waals surface area (Å²) in [4.78, 5) is 2.35. The summed E-state index contributed by atoms with van der Waals surface area (Å²) in [6.07, 6.45) is 6.10. The van der Waals surface area contributed by atoms with E-state index in [2.05, 4.69) is 24.2 Å². The standard InChI is InChI=1S/C13H26N2O/c1-11(8-12-4-3-5-12)14-9-13-10-15(2)6-7-16-13/h11-14H,3-10H2,1-2H3. The van der Waals surface area contributed by atoms with E-state index in [4.69, 9.17) is 4.74 Å². The van der Waals surface area contributed by atoms with Crippen LogP contribution in [0.1, 0.15) is 32.6 Å². The third kappa shape index (κ3) is 3.72. The van der Waals surface area contributed by atoms with Crippen LogP contribution in [0.4, 0.5) is 0 Å². The van der Waals surface area contributed by atoms with Crippen molar-refractivity contribution in [2.45, 2.75) is 44.8 Å². The molecule has 2 fully saturated rings. The van der Waals surface area contributed by atoms with Crippen LogP contribution in [0.25, 0.3) is 0 Å². The van der Waals surface area contributed by atoms with Gasteiger partial charge in [-0.15, -0.1) is 0 Å². The highest BCUT2D eigenvalue weighted by molar-refractivity contribution is 4.77. The summed E-state index contributed by atoms with van der Waals surface area (Å²) < 4.78 is 5.74. The summed E-state index contributed by atoms with van der Waals surface area (Å²) >= 11 is 0. The molecule has 94 valence electrons. The van der Waals surface area contributed by atoms with Gasteiger partial charge in [-0.3, -0.25) is 0 Å². The van der Waals surface area contributed by atoms with E-state index < -0.39 is 0 Å². The normalized spacial score (nSPS) is 30.0. The van der Waals surface area contributed by atoms with Crippen molar-refractivity contribution in [3.63, 3.8) is 0 Å². The first kappa shape index (κ1) is 12.3. The summed E-state index contributed by atoms with van der Waals surface area (Å²) in [7, 11) is 2.17. The van der Waals surface area contributed by atoms with Crippen molar-refractivity contribution in [1.29, 1.82) is 0 Å². The van der Waals surface area contributed by atoms with Gasteiger partial charge in [0.25, 0.3) is 0 Å². The van der Waals surface area contributed by atoms with Gasteiger partial charge in [-0.25, -0.2) is 0 Å². The van der Waals surface area contributed by atoms with Crippen molar-refractivity contribution in [2.24, 2.45) is 5.92 Å². The zero-order valence-corrected chi connectivity index (χ0v) is 10.7. The molecule has 0 aromatic carbocycles. The first-order valence-corrected chi connectivity index (χ1v) is 6.77. The van der Waals surface area contributed by atoms with Crippen LogP contribution in [-0.2, 0) is 4.74 Å². The first-order chi connectivity index (χ1) is 7.74. The second-order valence-electron chi connectivity index (χ2n) is 5.60. The molecule has 2 unspecified atom stereocenters. The fourth-order valence-electron chi connectivity index (χ4n) is 2.63. The maximum Gasteiger partial charge on any atom is 0.0826 e. The fourth-order valence-corrected chi connectivity index (χ4v) is 2.63. The molecule has 2 atom stereocenters. The molecule has 1 aliphatic carbocycles. The molecule has 2 rings (SSSR count). The first-order valence-electron chi connectivity index (χ1n) is 6.77. The highest BCUT2D eigenvalue weighted by Crippen LogP contribution is 2.30. The van der Waals surface area contributed by atoms with Crippen LogP contribution in [0.15, 0.2) is 0 Å². The van der Waals surface area contributed by atoms with Crippen molar-refractivity contribution in [3.05, 3.63) is 0 Å². The molecule has 0 spiro atoms. The molecule has 1 N–H and O–H groups in total. The molecule has 0 aromatic heterocycles. The lowest BCUT2D eigenvalue weighted by atomic mass is 9.81. The molecule has 0 aromatic rings. The number of hydrogen-bond donors (Lipinski definition) is 1. The van der Waals surface area contributed by atoms with Gasteiger partial charge in [0, 0.05) is 25.7 Å². The Morgan fingerprint density at radius 2 is 2.25 bits per heavy atom. The maximum absolute atomic E-state index is 5.74. The Balaban J connectivity index is 1.58. The SMILES string of the molecule is CC(CC1CCC1)NCC1CN(C)CCO1. The number of ether oxygens (including phenoxy) is 1. The Hall–Kier alpha value is -0.120. The summed E-state index contributed by atoms with van der Waals surface area (Å²) in [6.45, 7) is 6.36. The summed E-state index contributed by atoms with van der Waals surface area (Å²) in [5, 5.41) is 3.62. The summed E-state index contributed by atoms with van der Waals surface area (Å²) in [5.74, 6) is 0.998. The zero-order valence-electron chi connectivity index (χ0n) is 10.7. The minimum Gasteiger partial charge on any atom is -0.374 e. The van der Waals surface area contributed by atoms with Crippen LogP contribution in [0.3, 0.4) is 0 Å². The Morgan fingerprint density at radius 3 is 2.88 bits per heavy atom. The molecule has 1 heterocycles. The van der Waals surface area contributed by atoms with Gasteiger partial charge in [-0.1, -0.05) is 19.3 Å². The van der Waals surface area contributed by atoms with Crippen molar-refractivity contribution in [1.82, 2.24) is 10.2 Å². The predicted molar refractivity (Wildman–Crippen MR) is 66.7 cm³/mol. The van der Waals surface area contributed by atoms with Gasteiger partial charge in [0.05, 0.1) is 12.7 Å². The van der Waals surface area contributed by atoms with Crippen molar-refractivity contribution < 1.29 is 4.74 Å². The lowest BCUT2D eigenvalue weighted by Crippen LogP contribution is -2.46. The minimum atomic E-state index is 0.391. The van der Waals surface area contributed by atoms with Gasteiger partial charge < -0.3 is 15.0 Å². The van der Waals surface area contributed by atoms with E-state index in [0.29, 0.717) is 12.1 Å². The number of morpholine rings is 1. The smallest absolute Gasteiger partial charge is 0.0826 e. The van der Waals surface area contributed by atoms with Crippen molar-refractivity contribution in [2.75, 3.05) is 33.3 Å². The van der Waals surface area contributed by atoms with Gasteiger partial charge in [0.2, 0.25) is 0 Å². The van der Waals surface area contributed by atoms with Crippen LogP contribution < -0.4 is 5.32 Å². The maximum atomic E-state index is 5.74. The Bertz CT molecular complexity index is 206. The molecule has 3 heteroatoms. The molecular weight excluding hydrogens is 200 g/mol. The fraction of sp³-hybridized carbons (Fsp3) is 1.00. The quantitative estimate of drug-likeness (QED) is 0.768. The van der Waals surface area contributed by atoms with Crippen LogP contribution in [0, 0.1) is 5.92 Å². The lowest BCUT2D eigenvalue weighted by molar-refractivity contribution is -0.0194. The largest absolute Gasteiger partial charge is 0.374 e. The lowest BCUT2D eigenvalue weighted by Gasteiger charge is -2.32. The van der Waals surface area contributed by atoms with Crippen LogP contribution in [0.2, 0.25) is 0 Å². The van der Waals surface area contributed by atoms with E-state index in [1.165, 1.54) is 25.7 Å². The summed E-state index contributed by atoms with van der Waals surface area (Å²) in [6, 6.07) is 0.654. The van der Waals surface area contributed by atoms with Gasteiger partial charge >= 0.3 is 0 Å². The van der Waals surface area contributed by atoms with Crippen molar-refractivity contribution in [3.8, 4) is 0 Å². The third-order valence-corrected chi connectivity index (χ3v) is 3.95. The van der Waals surface area contributed by atoms with Crippen LogP contribution >= 0.6 is 0 Å². The molecule has 2 aliphatic rings. The molecule has 0 bridgehead atoms. The number of likely N-dealkylation sites (N-methyl/N-ethyl adjacent to an activating group) is 1. The van der Waals surface area contributed by atoms with E-state index in [-0.39, 0.29) is 0 Å². The van der Waals surface area contributed by atoms with E-state index in [9.17, 15) is 0 Å². The van der Waals surface area contributed by atoms with E-state index in [1.54, 1.807) is 0 Å². The van der Waals surface area contributed by atoms with E-state index in [1.807, 2.05) is 0 Å². The molecule has 1 saturated heterocycles. The van der Waals surface area contributed by atoms with E-state index >= 15 is 0 Å². The average Bonchev–Trinajstić information content (AvgIpc) is 2.21. The predicted octanol–water partition coefficient (Wildman–Crippen LogP) is 1.49. The van der Waals surface area contributed by atoms with Crippen LogP contribution in [-0.4, -0.2) is 50.3 Å². The highest BCUT2D eigenvalue weighted by Gasteiger charge is 2.21. The number of nitrogens with one attached hydrogen (secondary N) is 1. The molecule has 0 radical (unpaired) electrons. The molecule has 1 saturated carbocycles. The third-order valence-electron chi connectivity index (χ3n) is 3.95. The molecule has 0 amide bonds.